The molecule has 2 heteroatoms. The maximum atomic E-state index is 3.63. The Morgan fingerprint density at radius 2 is 1.10 bits per heavy atom. The Kier molecular flexibility index (Phi) is 18.8. The lowest BCUT2D eigenvalue weighted by atomic mass is 10.0. The molecule has 1 N–H and O–H groups in total. The molecule has 180 valence electrons. The normalized spacial score (nSPS) is 11.2. The third kappa shape index (κ3) is 15.4. The van der Waals surface area contributed by atoms with Crippen LogP contribution in [-0.4, -0.2) is 19.6 Å². The van der Waals surface area contributed by atoms with Crippen LogP contribution in [0.1, 0.15) is 129 Å². The molecule has 0 radical (unpaired) electrons. The molecule has 0 saturated carbocycles. The third-order valence-corrected chi connectivity index (χ3v) is 6.58. The lowest BCUT2D eigenvalue weighted by Gasteiger charge is -2.21. The van der Waals surface area contributed by atoms with Crippen molar-refractivity contribution < 1.29 is 0 Å². The molecular weight excluding hydrogens is 376 g/mol. The van der Waals surface area contributed by atoms with Crippen molar-refractivity contribution in [3.8, 4) is 0 Å². The molecule has 0 bridgehead atoms. The number of benzene rings is 1. The summed E-state index contributed by atoms with van der Waals surface area (Å²) in [5, 5.41) is 3.63. The lowest BCUT2D eigenvalue weighted by Crippen LogP contribution is -2.22. The van der Waals surface area contributed by atoms with Crippen LogP contribution in [0.3, 0.4) is 0 Å². The first-order chi connectivity index (χ1) is 15.3. The van der Waals surface area contributed by atoms with Gasteiger partial charge in [-0.05, 0) is 44.5 Å². The first-order valence-electron chi connectivity index (χ1n) is 13.9. The van der Waals surface area contributed by atoms with Gasteiger partial charge in [0, 0.05) is 25.3 Å². The van der Waals surface area contributed by atoms with Crippen LogP contribution in [0.4, 0.5) is 5.69 Å². The minimum absolute atomic E-state index is 0.994. The standard InChI is InChI=1S/C29H54N2/c1-4-7-8-9-10-11-12-13-14-15-16-17-18-19-20-21-25-30-27-28-23-22-24-29(26-28)31(5-2)6-3/h22-24,26,30H,4-21,25,27H2,1-3H3. The average molecular weight is 431 g/mol. The van der Waals surface area contributed by atoms with Gasteiger partial charge in [0.05, 0.1) is 0 Å². The summed E-state index contributed by atoms with van der Waals surface area (Å²) in [5.74, 6) is 0. The van der Waals surface area contributed by atoms with Crippen molar-refractivity contribution in [2.45, 2.75) is 130 Å². The second kappa shape index (κ2) is 20.9. The molecular formula is C29H54N2. The van der Waals surface area contributed by atoms with Gasteiger partial charge in [0.1, 0.15) is 0 Å². The van der Waals surface area contributed by atoms with E-state index in [1.165, 1.54) is 114 Å². The van der Waals surface area contributed by atoms with Crippen molar-refractivity contribution >= 4 is 5.69 Å². The molecule has 0 aliphatic carbocycles. The molecule has 0 aliphatic heterocycles. The van der Waals surface area contributed by atoms with Crippen molar-refractivity contribution in [2.75, 3.05) is 24.5 Å². The van der Waals surface area contributed by atoms with Gasteiger partial charge >= 0.3 is 0 Å². The SMILES string of the molecule is CCCCCCCCCCCCCCCCCCNCc1cccc(N(CC)CC)c1. The van der Waals surface area contributed by atoms with Gasteiger partial charge in [-0.1, -0.05) is 115 Å². The summed E-state index contributed by atoms with van der Waals surface area (Å²) in [6.07, 6.45) is 23.0. The van der Waals surface area contributed by atoms with E-state index in [1.54, 1.807) is 0 Å². The van der Waals surface area contributed by atoms with Gasteiger partial charge in [0.25, 0.3) is 0 Å². The summed E-state index contributed by atoms with van der Waals surface area (Å²) in [7, 11) is 0. The lowest BCUT2D eigenvalue weighted by molar-refractivity contribution is 0.525. The van der Waals surface area contributed by atoms with E-state index >= 15 is 0 Å². The zero-order chi connectivity index (χ0) is 22.4. The Morgan fingerprint density at radius 3 is 1.58 bits per heavy atom. The summed E-state index contributed by atoms with van der Waals surface area (Å²) >= 11 is 0. The number of rotatable bonds is 22. The highest BCUT2D eigenvalue weighted by atomic mass is 15.1. The zero-order valence-corrected chi connectivity index (χ0v) is 21.4. The molecule has 2 nitrogen and oxygen atoms in total. The van der Waals surface area contributed by atoms with E-state index < -0.39 is 0 Å². The van der Waals surface area contributed by atoms with Crippen molar-refractivity contribution in [1.29, 1.82) is 0 Å². The van der Waals surface area contributed by atoms with Gasteiger partial charge in [-0.3, -0.25) is 0 Å². The van der Waals surface area contributed by atoms with Crippen LogP contribution in [0.25, 0.3) is 0 Å². The Morgan fingerprint density at radius 1 is 0.613 bits per heavy atom. The van der Waals surface area contributed by atoms with E-state index in [9.17, 15) is 0 Å². The Hall–Kier alpha value is -1.02. The number of nitrogens with one attached hydrogen (secondary N) is 1. The molecule has 1 aromatic rings. The molecule has 0 spiro atoms. The van der Waals surface area contributed by atoms with Crippen LogP contribution in [0.15, 0.2) is 24.3 Å². The summed E-state index contributed by atoms with van der Waals surface area (Å²) < 4.78 is 0. The molecule has 0 aromatic heterocycles. The van der Waals surface area contributed by atoms with Crippen molar-refractivity contribution in [3.63, 3.8) is 0 Å². The summed E-state index contributed by atoms with van der Waals surface area (Å²) in [4.78, 5) is 2.42. The maximum absolute atomic E-state index is 3.63. The van der Waals surface area contributed by atoms with Crippen LogP contribution in [0, 0.1) is 0 Å². The van der Waals surface area contributed by atoms with Crippen LogP contribution in [0.2, 0.25) is 0 Å². The van der Waals surface area contributed by atoms with Gasteiger partial charge in [0.2, 0.25) is 0 Å². The second-order valence-corrected chi connectivity index (χ2v) is 9.32. The molecule has 1 aromatic carbocycles. The zero-order valence-electron chi connectivity index (χ0n) is 21.4. The first kappa shape index (κ1) is 28.0. The first-order valence-corrected chi connectivity index (χ1v) is 13.9. The van der Waals surface area contributed by atoms with E-state index in [1.807, 2.05) is 0 Å². The van der Waals surface area contributed by atoms with Gasteiger partial charge in [-0.25, -0.2) is 0 Å². The average Bonchev–Trinajstić information content (AvgIpc) is 2.79. The molecule has 0 atom stereocenters. The fourth-order valence-electron chi connectivity index (χ4n) is 4.48. The highest BCUT2D eigenvalue weighted by Gasteiger charge is 2.02. The maximum Gasteiger partial charge on any atom is 0.0369 e. The van der Waals surface area contributed by atoms with Crippen molar-refractivity contribution in [3.05, 3.63) is 29.8 Å². The van der Waals surface area contributed by atoms with E-state index in [2.05, 4.69) is 55.3 Å². The number of anilines is 1. The number of nitrogens with zero attached hydrogens (tertiary/aromatic N) is 1. The summed E-state index contributed by atoms with van der Waals surface area (Å²) in [6.45, 7) is 11.0. The van der Waals surface area contributed by atoms with Crippen LogP contribution in [-0.2, 0) is 6.54 Å². The van der Waals surface area contributed by atoms with Gasteiger partial charge in [-0.15, -0.1) is 0 Å². The molecule has 0 amide bonds. The van der Waals surface area contributed by atoms with E-state index in [0.29, 0.717) is 0 Å². The predicted octanol–water partition coefficient (Wildman–Crippen LogP) is 8.88. The second-order valence-electron chi connectivity index (χ2n) is 9.32. The smallest absolute Gasteiger partial charge is 0.0369 e. The third-order valence-electron chi connectivity index (χ3n) is 6.58. The predicted molar refractivity (Wildman–Crippen MR) is 141 cm³/mol. The molecule has 0 heterocycles. The number of hydrogen-bond acceptors (Lipinski definition) is 2. The topological polar surface area (TPSA) is 15.3 Å². The molecule has 0 unspecified atom stereocenters. The van der Waals surface area contributed by atoms with Crippen LogP contribution in [0.5, 0.6) is 0 Å². The molecule has 0 aliphatic rings. The Bertz CT molecular complexity index is 495. The fourth-order valence-corrected chi connectivity index (χ4v) is 4.48. The van der Waals surface area contributed by atoms with E-state index in [4.69, 9.17) is 0 Å². The largest absolute Gasteiger partial charge is 0.372 e. The molecule has 0 saturated heterocycles. The minimum Gasteiger partial charge on any atom is -0.372 e. The van der Waals surface area contributed by atoms with Crippen LogP contribution >= 0.6 is 0 Å². The minimum atomic E-state index is 0.994. The quantitative estimate of drug-likeness (QED) is 0.185. The van der Waals surface area contributed by atoms with Crippen molar-refractivity contribution in [2.24, 2.45) is 0 Å². The molecule has 0 fully saturated rings. The highest BCUT2D eigenvalue weighted by Crippen LogP contribution is 2.16. The molecule has 1 rings (SSSR count). The highest BCUT2D eigenvalue weighted by molar-refractivity contribution is 5.48. The summed E-state index contributed by atoms with van der Waals surface area (Å²) in [5.41, 5.74) is 2.76. The van der Waals surface area contributed by atoms with E-state index in [0.717, 1.165) is 26.2 Å². The van der Waals surface area contributed by atoms with Gasteiger partial charge in [-0.2, -0.15) is 0 Å². The number of hydrogen-bond donors (Lipinski definition) is 1. The Balaban J connectivity index is 1.85. The molecule has 31 heavy (non-hydrogen) atoms. The Labute approximate surface area is 195 Å². The monoisotopic (exact) mass is 430 g/mol. The number of unbranched alkanes of at least 4 members (excludes halogenated alkanes) is 15. The van der Waals surface area contributed by atoms with Crippen LogP contribution < -0.4 is 10.2 Å². The van der Waals surface area contributed by atoms with Crippen molar-refractivity contribution in [1.82, 2.24) is 5.32 Å². The fraction of sp³-hybridized carbons (Fsp3) is 0.793. The van der Waals surface area contributed by atoms with Gasteiger partial charge in [0.15, 0.2) is 0 Å². The summed E-state index contributed by atoms with van der Waals surface area (Å²) in [6, 6.07) is 9.01. The van der Waals surface area contributed by atoms with E-state index in [-0.39, 0.29) is 0 Å². The van der Waals surface area contributed by atoms with Gasteiger partial charge < -0.3 is 10.2 Å².